The molecule has 65 heavy (non-hydrogen) atoms. The predicted molar refractivity (Wildman–Crippen MR) is 298 cm³/mol. The molecule has 1 nitrogen and oxygen atoms in total. The summed E-state index contributed by atoms with van der Waals surface area (Å²) in [7, 11) is 0. The van der Waals surface area contributed by atoms with E-state index in [-0.39, 0.29) is 0 Å². The van der Waals surface area contributed by atoms with Crippen molar-refractivity contribution in [3.63, 3.8) is 0 Å². The standard InChI is InChI=1S/C64H122O/c1-3-5-7-9-11-13-15-17-19-21-23-25-27-29-31-33-34-36-38-40-42-44-46-48-50-52-54-56-58-60-62-64(63-65)61-59-57-55-53-51-49-47-45-43-41-39-37-35-32-30-28-26-24-22-20-18-16-14-12-10-8-6-4-2/h17-20,62-63H,3-16,21-61H2,1-2H3. The third-order valence-corrected chi connectivity index (χ3v) is 14.5. The first-order valence-corrected chi connectivity index (χ1v) is 30.8. The van der Waals surface area contributed by atoms with E-state index in [4.69, 9.17) is 0 Å². The second-order valence-electron chi connectivity index (χ2n) is 21.2. The van der Waals surface area contributed by atoms with Gasteiger partial charge in [-0.25, -0.2) is 0 Å². The Labute approximate surface area is 412 Å². The Morgan fingerprint density at radius 2 is 0.415 bits per heavy atom. The lowest BCUT2D eigenvalue weighted by atomic mass is 10.0. The fraction of sp³-hybridized carbons (Fsp3) is 0.891. The number of unbranched alkanes of at least 4 members (excludes halogenated alkanes) is 50. The van der Waals surface area contributed by atoms with Gasteiger partial charge >= 0.3 is 0 Å². The Kier molecular flexibility index (Phi) is 59.9. The second-order valence-corrected chi connectivity index (χ2v) is 21.2. The van der Waals surface area contributed by atoms with Gasteiger partial charge in [0.1, 0.15) is 6.29 Å². The molecule has 0 unspecified atom stereocenters. The molecule has 1 heteroatoms. The third kappa shape index (κ3) is 59.0. The maximum atomic E-state index is 11.6. The van der Waals surface area contributed by atoms with Crippen molar-refractivity contribution in [1.29, 1.82) is 0 Å². The molecule has 0 fully saturated rings. The van der Waals surface area contributed by atoms with E-state index in [1.54, 1.807) is 0 Å². The van der Waals surface area contributed by atoms with Crippen LogP contribution in [-0.2, 0) is 4.79 Å². The number of allylic oxidation sites excluding steroid dienone is 6. The molecular formula is C64H122O. The van der Waals surface area contributed by atoms with Gasteiger partial charge in [0.2, 0.25) is 0 Å². The Morgan fingerprint density at radius 1 is 0.231 bits per heavy atom. The molecule has 0 rings (SSSR count). The number of carbonyl (C=O) groups is 1. The molecule has 0 heterocycles. The fourth-order valence-corrected chi connectivity index (χ4v) is 9.88. The summed E-state index contributed by atoms with van der Waals surface area (Å²) < 4.78 is 0. The molecular weight excluding hydrogens is 785 g/mol. The number of rotatable bonds is 58. The minimum atomic E-state index is 0.999. The van der Waals surface area contributed by atoms with Crippen molar-refractivity contribution in [3.8, 4) is 0 Å². The molecule has 0 bridgehead atoms. The zero-order valence-corrected chi connectivity index (χ0v) is 45.3. The smallest absolute Gasteiger partial charge is 0.145 e. The molecule has 0 amide bonds. The van der Waals surface area contributed by atoms with Crippen LogP contribution >= 0.6 is 0 Å². The predicted octanol–water partition coefficient (Wildman–Crippen LogP) is 23.7. The highest BCUT2D eigenvalue weighted by Gasteiger charge is 2.00. The van der Waals surface area contributed by atoms with Gasteiger partial charge in [-0.1, -0.05) is 320 Å². The average Bonchev–Trinajstić information content (AvgIpc) is 3.32. The Hall–Kier alpha value is -1.11. The molecule has 0 saturated carbocycles. The normalized spacial score (nSPS) is 12.2. The molecule has 0 N–H and O–H groups in total. The third-order valence-electron chi connectivity index (χ3n) is 14.5. The Morgan fingerprint density at radius 3 is 0.631 bits per heavy atom. The van der Waals surface area contributed by atoms with Gasteiger partial charge in [-0.15, -0.1) is 0 Å². The van der Waals surface area contributed by atoms with Gasteiger partial charge in [-0.3, -0.25) is 4.79 Å². The highest BCUT2D eigenvalue weighted by atomic mass is 16.1. The molecule has 0 spiro atoms. The molecule has 0 radical (unpaired) electrons. The first kappa shape index (κ1) is 63.9. The van der Waals surface area contributed by atoms with Crippen molar-refractivity contribution < 1.29 is 4.79 Å². The van der Waals surface area contributed by atoms with E-state index in [2.05, 4.69) is 44.2 Å². The molecule has 0 aliphatic carbocycles. The molecule has 0 aromatic carbocycles. The lowest BCUT2D eigenvalue weighted by molar-refractivity contribution is -0.105. The van der Waals surface area contributed by atoms with Gasteiger partial charge in [0.25, 0.3) is 0 Å². The molecule has 0 aromatic heterocycles. The second kappa shape index (κ2) is 60.9. The maximum absolute atomic E-state index is 11.6. The summed E-state index contributed by atoms with van der Waals surface area (Å²) in [6, 6.07) is 0. The van der Waals surface area contributed by atoms with Gasteiger partial charge < -0.3 is 0 Å². The van der Waals surface area contributed by atoms with Crippen molar-refractivity contribution in [2.75, 3.05) is 0 Å². The lowest BCUT2D eigenvalue weighted by Gasteiger charge is -2.05. The van der Waals surface area contributed by atoms with Crippen molar-refractivity contribution in [3.05, 3.63) is 36.0 Å². The zero-order chi connectivity index (χ0) is 46.7. The quantitative estimate of drug-likeness (QED) is 0.0257. The number of hydrogen-bond acceptors (Lipinski definition) is 1. The van der Waals surface area contributed by atoms with E-state index >= 15 is 0 Å². The van der Waals surface area contributed by atoms with E-state index in [0.717, 1.165) is 24.7 Å². The van der Waals surface area contributed by atoms with Crippen LogP contribution in [0.25, 0.3) is 0 Å². The van der Waals surface area contributed by atoms with E-state index in [0.29, 0.717) is 0 Å². The van der Waals surface area contributed by atoms with Crippen LogP contribution in [0.2, 0.25) is 0 Å². The largest absolute Gasteiger partial charge is 0.298 e. The van der Waals surface area contributed by atoms with Crippen molar-refractivity contribution in [2.24, 2.45) is 0 Å². The first-order valence-electron chi connectivity index (χ1n) is 30.8. The van der Waals surface area contributed by atoms with E-state index in [1.165, 1.54) is 340 Å². The summed E-state index contributed by atoms with van der Waals surface area (Å²) in [6.45, 7) is 4.60. The summed E-state index contributed by atoms with van der Waals surface area (Å²) in [6.07, 6.45) is 89.9. The highest BCUT2D eigenvalue weighted by molar-refractivity contribution is 5.72. The van der Waals surface area contributed by atoms with Gasteiger partial charge in [-0.2, -0.15) is 0 Å². The summed E-state index contributed by atoms with van der Waals surface area (Å²) in [4.78, 5) is 11.6. The van der Waals surface area contributed by atoms with E-state index < -0.39 is 0 Å². The van der Waals surface area contributed by atoms with E-state index in [9.17, 15) is 4.79 Å². The van der Waals surface area contributed by atoms with E-state index in [1.807, 2.05) is 0 Å². The number of hydrogen-bond donors (Lipinski definition) is 0. The Bertz CT molecular complexity index is 941. The molecule has 0 atom stereocenters. The maximum Gasteiger partial charge on any atom is 0.145 e. The van der Waals surface area contributed by atoms with Crippen LogP contribution < -0.4 is 0 Å². The molecule has 0 aromatic rings. The number of carbonyl (C=O) groups excluding carboxylic acids is 1. The van der Waals surface area contributed by atoms with Crippen LogP contribution in [0.5, 0.6) is 0 Å². The van der Waals surface area contributed by atoms with Crippen LogP contribution in [0, 0.1) is 0 Å². The summed E-state index contributed by atoms with van der Waals surface area (Å²) >= 11 is 0. The van der Waals surface area contributed by atoms with Crippen LogP contribution in [0.15, 0.2) is 36.0 Å². The average molecular weight is 908 g/mol. The van der Waals surface area contributed by atoms with Crippen molar-refractivity contribution >= 4 is 6.29 Å². The molecule has 0 aliphatic rings. The van der Waals surface area contributed by atoms with Crippen LogP contribution in [0.3, 0.4) is 0 Å². The van der Waals surface area contributed by atoms with Gasteiger partial charge in [-0.05, 0) is 82.6 Å². The molecule has 0 saturated heterocycles. The molecule has 384 valence electrons. The zero-order valence-electron chi connectivity index (χ0n) is 45.3. The molecule has 0 aliphatic heterocycles. The van der Waals surface area contributed by atoms with Crippen molar-refractivity contribution in [1.82, 2.24) is 0 Å². The first-order chi connectivity index (χ1) is 32.3. The Balaban J connectivity index is 3.29. The van der Waals surface area contributed by atoms with Crippen LogP contribution in [-0.4, -0.2) is 6.29 Å². The summed E-state index contributed by atoms with van der Waals surface area (Å²) in [5.41, 5.74) is 1.07. The fourth-order valence-electron chi connectivity index (χ4n) is 9.88. The summed E-state index contributed by atoms with van der Waals surface area (Å²) in [5, 5.41) is 0. The van der Waals surface area contributed by atoms with Crippen molar-refractivity contribution in [2.45, 2.75) is 367 Å². The SMILES string of the molecule is CCCCCCCCC=CCCCCCCCCCCCCCCCCCCCCCC=C(C=O)CCCCCCCCCCCCCCCCCCCCC=CCCCCCCCC. The lowest BCUT2D eigenvalue weighted by Crippen LogP contribution is -1.88. The van der Waals surface area contributed by atoms with Gasteiger partial charge in [0.15, 0.2) is 0 Å². The summed E-state index contributed by atoms with van der Waals surface area (Å²) in [5.74, 6) is 0. The topological polar surface area (TPSA) is 17.1 Å². The van der Waals surface area contributed by atoms with Crippen LogP contribution in [0.4, 0.5) is 0 Å². The minimum absolute atomic E-state index is 0.999. The highest BCUT2D eigenvalue weighted by Crippen LogP contribution is 2.19. The minimum Gasteiger partial charge on any atom is -0.298 e. The van der Waals surface area contributed by atoms with Crippen LogP contribution in [0.1, 0.15) is 367 Å². The van der Waals surface area contributed by atoms with Gasteiger partial charge in [0, 0.05) is 0 Å². The number of aldehydes is 1. The monoisotopic (exact) mass is 907 g/mol. The van der Waals surface area contributed by atoms with Gasteiger partial charge in [0.05, 0.1) is 0 Å².